The molecule has 1 fully saturated rings. The van der Waals surface area contributed by atoms with Gasteiger partial charge in [-0.25, -0.2) is 4.79 Å². The lowest BCUT2D eigenvalue weighted by atomic mass is 10.2. The molecule has 21 heavy (non-hydrogen) atoms. The zero-order valence-corrected chi connectivity index (χ0v) is 14.0. The fourth-order valence-electron chi connectivity index (χ4n) is 1.45. The van der Waals surface area contributed by atoms with E-state index in [2.05, 4.69) is 15.9 Å². The first-order valence-electron chi connectivity index (χ1n) is 10.1. The highest BCUT2D eigenvalue weighted by molar-refractivity contribution is 9.10. The van der Waals surface area contributed by atoms with Crippen molar-refractivity contribution in [1.29, 1.82) is 0 Å². The summed E-state index contributed by atoms with van der Waals surface area (Å²) in [7, 11) is 0. The monoisotopic (exact) mass is 382 g/mol. The summed E-state index contributed by atoms with van der Waals surface area (Å²) in [6.07, 6.45) is -1.52. The molecule has 1 aliphatic heterocycles. The Balaban J connectivity index is 2.74. The lowest BCUT2D eigenvalue weighted by Crippen LogP contribution is -2.50. The number of ether oxygens (including phenoxy) is 1. The van der Waals surface area contributed by atoms with Crippen molar-refractivity contribution >= 4 is 39.3 Å². The quantitative estimate of drug-likeness (QED) is 0.730. The Morgan fingerprint density at radius 2 is 1.90 bits per heavy atom. The van der Waals surface area contributed by atoms with Gasteiger partial charge in [0.05, 0.1) is 11.0 Å². The van der Waals surface area contributed by atoms with Gasteiger partial charge in [0.25, 0.3) is 0 Å². The van der Waals surface area contributed by atoms with E-state index in [1.54, 1.807) is 0 Å². The zero-order chi connectivity index (χ0) is 22.8. The van der Waals surface area contributed by atoms with Crippen LogP contribution in [-0.2, 0) is 4.74 Å². The van der Waals surface area contributed by atoms with E-state index in [0.29, 0.717) is 9.37 Å². The summed E-state index contributed by atoms with van der Waals surface area (Å²) in [5, 5.41) is 0.0941. The van der Waals surface area contributed by atoms with Gasteiger partial charge in [0.1, 0.15) is 5.60 Å². The van der Waals surface area contributed by atoms with Crippen molar-refractivity contribution in [2.45, 2.75) is 26.4 Å². The van der Waals surface area contributed by atoms with Crippen LogP contribution in [0.5, 0.6) is 0 Å². The van der Waals surface area contributed by atoms with Crippen LogP contribution >= 0.6 is 27.5 Å². The first-order chi connectivity index (χ1) is 12.8. The van der Waals surface area contributed by atoms with E-state index < -0.39 is 37.7 Å². The fourth-order valence-corrected chi connectivity index (χ4v) is 2.29. The number of halogens is 2. The molecule has 0 radical (unpaired) electrons. The maximum atomic E-state index is 12.6. The van der Waals surface area contributed by atoms with Gasteiger partial charge in [0, 0.05) is 41.2 Å². The SMILES string of the molecule is [2H]C1([2H])N(C(=O)OC(C)(C)C)C([2H])([2H])C([2H])([2H])N(c2cc(Cl)cc(Br)c2)C1([2H])[2H]. The number of carbonyl (C=O) groups is 1. The number of piperazine rings is 1. The van der Waals surface area contributed by atoms with Gasteiger partial charge in [-0.2, -0.15) is 0 Å². The molecule has 0 spiro atoms. The van der Waals surface area contributed by atoms with E-state index in [9.17, 15) is 4.79 Å². The van der Waals surface area contributed by atoms with Gasteiger partial charge in [-0.15, -0.1) is 0 Å². The van der Waals surface area contributed by atoms with Gasteiger partial charge >= 0.3 is 6.09 Å². The molecule has 6 heteroatoms. The normalized spacial score (nSPS) is 31.3. The van der Waals surface area contributed by atoms with Crippen LogP contribution in [0.4, 0.5) is 10.5 Å². The Morgan fingerprint density at radius 1 is 1.29 bits per heavy atom. The number of nitrogens with zero attached hydrogens (tertiary/aromatic N) is 2. The molecule has 1 amide bonds. The molecular weight excluding hydrogens is 356 g/mol. The number of carbonyl (C=O) groups excluding carboxylic acids is 1. The van der Waals surface area contributed by atoms with Gasteiger partial charge in [-0.3, -0.25) is 0 Å². The number of benzene rings is 1. The van der Waals surface area contributed by atoms with Crippen LogP contribution < -0.4 is 4.90 Å². The molecule has 4 nitrogen and oxygen atoms in total. The topological polar surface area (TPSA) is 32.8 Å². The van der Waals surface area contributed by atoms with Crippen molar-refractivity contribution in [2.75, 3.05) is 30.9 Å². The van der Waals surface area contributed by atoms with Gasteiger partial charge in [0.15, 0.2) is 0 Å². The lowest BCUT2D eigenvalue weighted by molar-refractivity contribution is 0.0240. The standard InChI is InChI=1S/C15H20BrClN2O2/c1-15(2,3)21-14(20)19-6-4-18(5-7-19)13-9-11(16)8-12(17)10-13/h8-10H,4-7H2,1-3H3/i4D2,5D2,6D2,7D2. The molecule has 116 valence electrons. The van der Waals surface area contributed by atoms with Gasteiger partial charge < -0.3 is 14.5 Å². The van der Waals surface area contributed by atoms with Crippen molar-refractivity contribution in [3.05, 3.63) is 27.7 Å². The Bertz CT molecular complexity index is 783. The Morgan fingerprint density at radius 3 is 2.43 bits per heavy atom. The van der Waals surface area contributed by atoms with Crippen LogP contribution in [0.3, 0.4) is 0 Å². The maximum absolute atomic E-state index is 12.6. The third kappa shape index (κ3) is 4.78. The summed E-state index contributed by atoms with van der Waals surface area (Å²) in [6, 6.07) is 3.91. The maximum Gasteiger partial charge on any atom is 0.410 e. The molecule has 0 aromatic heterocycles. The second-order valence-electron chi connectivity index (χ2n) is 5.23. The lowest BCUT2D eigenvalue weighted by Gasteiger charge is -2.36. The van der Waals surface area contributed by atoms with Crippen molar-refractivity contribution in [3.63, 3.8) is 0 Å². The van der Waals surface area contributed by atoms with E-state index in [-0.39, 0.29) is 15.6 Å². The molecule has 0 bridgehead atoms. The third-order valence-corrected chi connectivity index (χ3v) is 2.90. The van der Waals surface area contributed by atoms with Gasteiger partial charge in [-0.05, 0) is 39.0 Å². The number of hydrogen-bond acceptors (Lipinski definition) is 3. The molecule has 1 saturated heterocycles. The van der Waals surface area contributed by atoms with Crippen molar-refractivity contribution in [2.24, 2.45) is 0 Å². The van der Waals surface area contributed by atoms with E-state index in [1.807, 2.05) is 0 Å². The van der Waals surface area contributed by atoms with Crippen LogP contribution in [0.15, 0.2) is 22.7 Å². The van der Waals surface area contributed by atoms with Crippen LogP contribution in [0.1, 0.15) is 31.7 Å². The summed E-state index contributed by atoms with van der Waals surface area (Å²) in [5.41, 5.74) is -1.35. The highest BCUT2D eigenvalue weighted by Crippen LogP contribution is 2.26. The minimum absolute atomic E-state index is 0.0941. The average molecular weight is 384 g/mol. The second kappa shape index (κ2) is 6.44. The van der Waals surface area contributed by atoms with E-state index in [1.165, 1.54) is 39.0 Å². The van der Waals surface area contributed by atoms with Crippen LogP contribution in [0.25, 0.3) is 0 Å². The number of hydrogen-bond donors (Lipinski definition) is 0. The average Bonchev–Trinajstić information content (AvgIpc) is 2.41. The van der Waals surface area contributed by atoms with Gasteiger partial charge in [-0.1, -0.05) is 27.5 Å². The predicted molar refractivity (Wildman–Crippen MR) is 89.2 cm³/mol. The number of amides is 1. The Hall–Kier alpha value is -0.940. The minimum atomic E-state index is -3.32. The predicted octanol–water partition coefficient (Wildman–Crippen LogP) is 4.16. The molecule has 2 rings (SSSR count). The minimum Gasteiger partial charge on any atom is -0.444 e. The highest BCUT2D eigenvalue weighted by Gasteiger charge is 2.26. The molecule has 0 saturated carbocycles. The Labute approximate surface area is 150 Å². The van der Waals surface area contributed by atoms with Crippen molar-refractivity contribution in [3.8, 4) is 0 Å². The summed E-state index contributed by atoms with van der Waals surface area (Å²) in [6.45, 7) is -8.64. The van der Waals surface area contributed by atoms with Crippen LogP contribution in [0, 0.1) is 0 Å². The molecule has 0 atom stereocenters. The highest BCUT2D eigenvalue weighted by atomic mass is 79.9. The largest absolute Gasteiger partial charge is 0.444 e. The summed E-state index contributed by atoms with van der Waals surface area (Å²) >= 11 is 9.13. The molecule has 1 heterocycles. The summed E-state index contributed by atoms with van der Waals surface area (Å²) in [5.74, 6) is 0. The van der Waals surface area contributed by atoms with E-state index >= 15 is 0 Å². The summed E-state index contributed by atoms with van der Waals surface area (Å²) < 4.78 is 71.9. The fraction of sp³-hybridized carbons (Fsp3) is 0.533. The molecule has 0 unspecified atom stereocenters. The summed E-state index contributed by atoms with van der Waals surface area (Å²) in [4.78, 5) is 12.8. The van der Waals surface area contributed by atoms with Crippen LogP contribution in [-0.4, -0.2) is 42.6 Å². The Kier molecular flexibility index (Phi) is 2.65. The van der Waals surface area contributed by atoms with E-state index in [4.69, 9.17) is 27.3 Å². The van der Waals surface area contributed by atoms with Crippen molar-refractivity contribution < 1.29 is 20.5 Å². The van der Waals surface area contributed by atoms with Gasteiger partial charge in [0.2, 0.25) is 0 Å². The molecule has 0 aliphatic carbocycles. The molecular formula is C15H20BrClN2O2. The smallest absolute Gasteiger partial charge is 0.410 e. The number of anilines is 1. The van der Waals surface area contributed by atoms with Crippen molar-refractivity contribution in [1.82, 2.24) is 4.90 Å². The molecule has 0 N–H and O–H groups in total. The zero-order valence-electron chi connectivity index (χ0n) is 19.7. The number of rotatable bonds is 1. The first-order valence-corrected chi connectivity index (χ1v) is 7.23. The third-order valence-electron chi connectivity index (χ3n) is 2.23. The molecule has 1 aromatic carbocycles. The molecule has 1 aliphatic rings. The second-order valence-corrected chi connectivity index (χ2v) is 6.58. The van der Waals surface area contributed by atoms with E-state index in [0.717, 1.165) is 0 Å². The van der Waals surface area contributed by atoms with Crippen LogP contribution in [0.2, 0.25) is 5.02 Å². The molecule has 1 aromatic rings. The first kappa shape index (κ1) is 8.63.